The lowest BCUT2D eigenvalue weighted by molar-refractivity contribution is 0.267. The Kier molecular flexibility index (Phi) is 15.8. The lowest BCUT2D eigenvalue weighted by atomic mass is 10.1. The van der Waals surface area contributed by atoms with Gasteiger partial charge in [-0.1, -0.05) is 112 Å². The summed E-state index contributed by atoms with van der Waals surface area (Å²) in [4.78, 5) is 10.4. The highest BCUT2D eigenvalue weighted by Gasteiger charge is 2.28. The van der Waals surface area contributed by atoms with Crippen LogP contribution < -0.4 is 18.5 Å². The lowest BCUT2D eigenvalue weighted by Crippen LogP contribution is -2.04. The molecule has 0 bridgehead atoms. The van der Waals surface area contributed by atoms with Gasteiger partial charge in [0.1, 0.15) is 5.75 Å². The predicted octanol–water partition coefficient (Wildman–Crippen LogP) is 9.27. The molecule has 2 aromatic carbocycles. The van der Waals surface area contributed by atoms with Crippen molar-refractivity contribution in [3.05, 3.63) is 48.0 Å². The molecule has 0 aliphatic rings. The third-order valence-corrected chi connectivity index (χ3v) is 7.38. The van der Waals surface area contributed by atoms with Crippen molar-refractivity contribution in [2.24, 2.45) is 0 Å². The van der Waals surface area contributed by atoms with Crippen molar-refractivity contribution in [2.45, 2.75) is 90.4 Å². The summed E-state index contributed by atoms with van der Waals surface area (Å²) in [6.45, 7) is 2.80. The topological polar surface area (TPSA) is 74.2 Å². The molecule has 2 rings (SSSR count). The van der Waals surface area contributed by atoms with Crippen LogP contribution in [0.4, 0.5) is 0 Å². The summed E-state index contributed by atoms with van der Waals surface area (Å²) in [5.74, 6) is 1.11. The number of ether oxygens (including phenoxy) is 2. The molecule has 0 heterocycles. The fraction of sp³-hybridized carbons (Fsp3) is 0.586. The Labute approximate surface area is 231 Å². The molecule has 0 spiro atoms. The van der Waals surface area contributed by atoms with E-state index in [9.17, 15) is 9.46 Å². The molecule has 2 aromatic rings. The van der Waals surface area contributed by atoms with Gasteiger partial charge in [0.2, 0.25) is 5.75 Å². The number of benzene rings is 2. The molecular formula is C29H44BrO6P. The molecule has 0 amide bonds. The zero-order valence-electron chi connectivity index (χ0n) is 22.5. The van der Waals surface area contributed by atoms with Crippen LogP contribution in [0.5, 0.6) is 23.0 Å². The molecule has 1 N–H and O–H groups in total. The average Bonchev–Trinajstić information content (AvgIpc) is 2.87. The molecule has 6 nitrogen and oxygen atoms in total. The molecule has 0 radical (unpaired) electrons. The summed E-state index contributed by atoms with van der Waals surface area (Å²) in [6, 6.07) is 12.1. The van der Waals surface area contributed by atoms with Crippen LogP contribution in [-0.4, -0.2) is 23.9 Å². The van der Waals surface area contributed by atoms with Gasteiger partial charge in [0.05, 0.1) is 13.7 Å². The van der Waals surface area contributed by atoms with E-state index in [0.29, 0.717) is 12.4 Å². The summed E-state index contributed by atoms with van der Waals surface area (Å²) < 4.78 is 34.7. The van der Waals surface area contributed by atoms with Crippen LogP contribution in [0.1, 0.15) is 89.5 Å². The predicted molar refractivity (Wildman–Crippen MR) is 155 cm³/mol. The summed E-state index contributed by atoms with van der Waals surface area (Å²) in [6.07, 6.45) is 16.2. The number of rotatable bonds is 21. The van der Waals surface area contributed by atoms with Gasteiger partial charge in [0.15, 0.2) is 11.5 Å². The third-order valence-electron chi connectivity index (χ3n) is 6.12. The maximum Gasteiger partial charge on any atom is 0.585 e. The van der Waals surface area contributed by atoms with Crippen LogP contribution in [0.15, 0.2) is 42.5 Å². The van der Waals surface area contributed by atoms with Crippen molar-refractivity contribution < 1.29 is 28.0 Å². The van der Waals surface area contributed by atoms with E-state index in [4.69, 9.17) is 18.5 Å². The second-order valence-electron chi connectivity index (χ2n) is 9.26. The Morgan fingerprint density at radius 3 is 2.03 bits per heavy atom. The number of hydrogen-bond donors (Lipinski definition) is 1. The smallest absolute Gasteiger partial charge is 0.490 e. The first-order valence-electron chi connectivity index (χ1n) is 13.7. The van der Waals surface area contributed by atoms with Gasteiger partial charge < -0.3 is 18.5 Å². The minimum atomic E-state index is -4.44. The minimum absolute atomic E-state index is 0.0946. The maximum absolute atomic E-state index is 12.7. The molecule has 8 heteroatoms. The largest absolute Gasteiger partial charge is 0.585 e. The van der Waals surface area contributed by atoms with E-state index in [1.165, 1.54) is 71.3 Å². The molecular weight excluding hydrogens is 555 g/mol. The molecule has 0 saturated heterocycles. The number of hydrogen-bond acceptors (Lipinski definition) is 5. The van der Waals surface area contributed by atoms with Gasteiger partial charge >= 0.3 is 7.82 Å². The number of aryl methyl sites for hydroxylation is 1. The molecule has 0 saturated carbocycles. The highest BCUT2D eigenvalue weighted by atomic mass is 79.9. The molecule has 37 heavy (non-hydrogen) atoms. The van der Waals surface area contributed by atoms with E-state index in [0.717, 1.165) is 30.2 Å². The fourth-order valence-electron chi connectivity index (χ4n) is 4.15. The Hall–Kier alpha value is -1.69. The molecule has 0 fully saturated rings. The van der Waals surface area contributed by atoms with Crippen molar-refractivity contribution in [3.63, 3.8) is 0 Å². The monoisotopic (exact) mass is 598 g/mol. The highest BCUT2D eigenvalue weighted by Crippen LogP contribution is 2.49. The summed E-state index contributed by atoms with van der Waals surface area (Å²) in [7, 11) is -2.96. The molecule has 0 aliphatic heterocycles. The third kappa shape index (κ3) is 13.1. The lowest BCUT2D eigenvalue weighted by Gasteiger charge is -2.18. The van der Waals surface area contributed by atoms with E-state index in [2.05, 4.69) is 22.9 Å². The van der Waals surface area contributed by atoms with Crippen LogP contribution in [0.25, 0.3) is 0 Å². The summed E-state index contributed by atoms with van der Waals surface area (Å²) in [5.41, 5.74) is 0.986. The average molecular weight is 600 g/mol. The highest BCUT2D eigenvalue weighted by molar-refractivity contribution is 9.09. The van der Waals surface area contributed by atoms with Crippen LogP contribution in [0.3, 0.4) is 0 Å². The van der Waals surface area contributed by atoms with Crippen LogP contribution >= 0.6 is 23.8 Å². The van der Waals surface area contributed by atoms with E-state index in [1.807, 2.05) is 6.07 Å². The fourth-order valence-corrected chi connectivity index (χ4v) is 5.42. The van der Waals surface area contributed by atoms with Crippen LogP contribution in [-0.2, 0) is 11.0 Å². The van der Waals surface area contributed by atoms with Crippen molar-refractivity contribution in [1.29, 1.82) is 0 Å². The molecule has 0 aliphatic carbocycles. The quantitative estimate of drug-likeness (QED) is 0.0876. The van der Waals surface area contributed by atoms with Crippen molar-refractivity contribution >= 4 is 23.8 Å². The Morgan fingerprint density at radius 2 is 1.41 bits per heavy atom. The second-order valence-corrected chi connectivity index (χ2v) is 11.4. The van der Waals surface area contributed by atoms with Crippen molar-refractivity contribution in [1.82, 2.24) is 0 Å². The zero-order valence-corrected chi connectivity index (χ0v) is 24.9. The van der Waals surface area contributed by atoms with Gasteiger partial charge in [-0.25, -0.2) is 4.57 Å². The van der Waals surface area contributed by atoms with Gasteiger partial charge in [-0.3, -0.25) is 4.89 Å². The number of methoxy groups -OCH3 is 1. The summed E-state index contributed by atoms with van der Waals surface area (Å²) in [5, 5.41) is 0.785. The van der Waals surface area contributed by atoms with Crippen molar-refractivity contribution in [3.8, 4) is 23.0 Å². The standard InChI is InChI=1S/C29H44BrO6P/c1-3-4-5-6-7-8-9-10-11-12-13-14-23-34-27-19-16-20-28(29(27)33-2)36-37(31,32)35-26-18-15-17-25(24-26)21-22-30/h15-20,24H,3-14,21-23H2,1-2H3,(H,31,32). The summed E-state index contributed by atoms with van der Waals surface area (Å²) >= 11 is 3.39. The number of unbranched alkanes of at least 4 members (excludes halogenated alkanes) is 11. The normalized spacial score (nSPS) is 12.6. The van der Waals surface area contributed by atoms with Gasteiger partial charge in [0, 0.05) is 5.33 Å². The Morgan fingerprint density at radius 1 is 0.811 bits per heavy atom. The second kappa shape index (κ2) is 18.5. The first-order chi connectivity index (χ1) is 18.0. The number of phosphoric acid groups is 1. The minimum Gasteiger partial charge on any atom is -0.490 e. The molecule has 208 valence electrons. The number of halogens is 1. The maximum atomic E-state index is 12.7. The molecule has 0 aromatic heterocycles. The van der Waals surface area contributed by atoms with Gasteiger partial charge in [-0.15, -0.1) is 0 Å². The van der Waals surface area contributed by atoms with E-state index in [-0.39, 0.29) is 17.2 Å². The van der Waals surface area contributed by atoms with E-state index >= 15 is 0 Å². The van der Waals surface area contributed by atoms with E-state index in [1.54, 1.807) is 36.4 Å². The molecule has 1 atom stereocenters. The number of phosphoric ester groups is 1. The first kappa shape index (κ1) is 31.5. The van der Waals surface area contributed by atoms with Crippen LogP contribution in [0.2, 0.25) is 0 Å². The Balaban J connectivity index is 1.74. The van der Waals surface area contributed by atoms with Crippen molar-refractivity contribution in [2.75, 3.05) is 19.0 Å². The Bertz CT molecular complexity index is 938. The van der Waals surface area contributed by atoms with Gasteiger partial charge in [-0.05, 0) is 42.7 Å². The number of para-hydroxylation sites is 1. The number of alkyl halides is 1. The zero-order chi connectivity index (χ0) is 26.8. The van der Waals surface area contributed by atoms with E-state index < -0.39 is 7.82 Å². The van der Waals surface area contributed by atoms with Gasteiger partial charge in [0.25, 0.3) is 0 Å². The first-order valence-corrected chi connectivity index (χ1v) is 16.3. The molecule has 1 unspecified atom stereocenters. The van der Waals surface area contributed by atoms with Gasteiger partial charge in [-0.2, -0.15) is 0 Å². The SMILES string of the molecule is CCCCCCCCCCCCCCOc1cccc(OP(=O)(O)Oc2cccc(CCBr)c2)c1OC. The van der Waals surface area contributed by atoms with Crippen LogP contribution in [0, 0.1) is 0 Å².